The summed E-state index contributed by atoms with van der Waals surface area (Å²) >= 11 is 0. The molecule has 18 heavy (non-hydrogen) atoms. The first kappa shape index (κ1) is 10.7. The van der Waals surface area contributed by atoms with Gasteiger partial charge in [0.15, 0.2) is 0 Å². The lowest BCUT2D eigenvalue weighted by Gasteiger charge is -2.02. The second kappa shape index (κ2) is 4.44. The van der Waals surface area contributed by atoms with Crippen LogP contribution < -0.4 is 0 Å². The van der Waals surface area contributed by atoms with Crippen LogP contribution in [0.25, 0.3) is 11.4 Å². The molecule has 0 aliphatic rings. The summed E-state index contributed by atoms with van der Waals surface area (Å²) in [5.74, 6) is 1.20. The van der Waals surface area contributed by atoms with Crippen molar-refractivity contribution < 1.29 is 4.52 Å². The quantitative estimate of drug-likeness (QED) is 0.704. The van der Waals surface area contributed by atoms with Crippen molar-refractivity contribution in [1.82, 2.24) is 19.9 Å². The average Bonchev–Trinajstić information content (AvgIpc) is 3.02. The molecule has 0 spiro atoms. The van der Waals surface area contributed by atoms with Crippen molar-refractivity contribution in [3.05, 3.63) is 54.2 Å². The maximum Gasteiger partial charge on any atom is 0.223 e. The van der Waals surface area contributed by atoms with E-state index >= 15 is 0 Å². The van der Waals surface area contributed by atoms with Crippen molar-refractivity contribution >= 4 is 0 Å². The van der Waals surface area contributed by atoms with Gasteiger partial charge in [-0.2, -0.15) is 10.1 Å². The largest absolute Gasteiger partial charge is 0.339 e. The number of aromatic nitrogens is 4. The van der Waals surface area contributed by atoms with Crippen molar-refractivity contribution in [3.8, 4) is 11.4 Å². The van der Waals surface area contributed by atoms with Crippen molar-refractivity contribution in [2.24, 2.45) is 0 Å². The number of hydrogen-bond acceptors (Lipinski definition) is 4. The number of hydrogen-bond donors (Lipinski definition) is 0. The summed E-state index contributed by atoms with van der Waals surface area (Å²) < 4.78 is 6.84. The lowest BCUT2D eigenvalue weighted by Crippen LogP contribution is -1.99. The molecule has 0 atom stereocenters. The Bertz CT molecular complexity index is 625. The molecule has 0 saturated carbocycles. The topological polar surface area (TPSA) is 56.7 Å². The third-order valence-corrected chi connectivity index (χ3v) is 2.64. The van der Waals surface area contributed by atoms with E-state index in [4.69, 9.17) is 4.52 Å². The molecule has 1 aromatic carbocycles. The summed E-state index contributed by atoms with van der Waals surface area (Å²) in [4.78, 5) is 4.19. The van der Waals surface area contributed by atoms with Gasteiger partial charge in [0.25, 0.3) is 0 Å². The van der Waals surface area contributed by atoms with E-state index in [1.165, 1.54) is 5.56 Å². The Morgan fingerprint density at radius 1 is 1.22 bits per heavy atom. The van der Waals surface area contributed by atoms with Crippen LogP contribution in [0.5, 0.6) is 0 Å². The molecule has 90 valence electrons. The van der Waals surface area contributed by atoms with Gasteiger partial charge in [0.2, 0.25) is 11.7 Å². The van der Waals surface area contributed by atoms with E-state index in [1.807, 2.05) is 41.2 Å². The molecule has 0 radical (unpaired) electrons. The number of rotatable bonds is 3. The molecule has 3 aromatic rings. The summed E-state index contributed by atoms with van der Waals surface area (Å²) in [6.07, 6.45) is 3.72. The Kier molecular flexibility index (Phi) is 2.64. The van der Waals surface area contributed by atoms with Gasteiger partial charge in [-0.1, -0.05) is 29.4 Å². The van der Waals surface area contributed by atoms with E-state index in [1.54, 1.807) is 13.1 Å². The van der Waals surface area contributed by atoms with Crippen LogP contribution in [-0.4, -0.2) is 19.9 Å². The number of nitrogens with zero attached hydrogens (tertiary/aromatic N) is 4. The molecule has 2 heterocycles. The molecule has 2 aromatic heterocycles. The fourth-order valence-corrected chi connectivity index (χ4v) is 1.76. The molecule has 0 aliphatic heterocycles. The highest BCUT2D eigenvalue weighted by atomic mass is 16.5. The molecule has 0 amide bonds. The van der Waals surface area contributed by atoms with Crippen LogP contribution in [0.4, 0.5) is 0 Å². The third kappa shape index (κ3) is 2.15. The summed E-state index contributed by atoms with van der Waals surface area (Å²) in [6, 6.07) is 9.98. The SMILES string of the molecule is Cc1nc(-c2ccc(Cn3cccn3)cc2)no1. The van der Waals surface area contributed by atoms with E-state index in [0.717, 1.165) is 12.1 Å². The van der Waals surface area contributed by atoms with Gasteiger partial charge in [0.1, 0.15) is 0 Å². The van der Waals surface area contributed by atoms with Crippen LogP contribution in [-0.2, 0) is 6.54 Å². The second-order valence-electron chi connectivity index (χ2n) is 4.04. The molecule has 3 rings (SSSR count). The molecule has 0 fully saturated rings. The lowest BCUT2D eigenvalue weighted by molar-refractivity contribution is 0.394. The van der Waals surface area contributed by atoms with Gasteiger partial charge in [-0.3, -0.25) is 4.68 Å². The van der Waals surface area contributed by atoms with E-state index in [-0.39, 0.29) is 0 Å². The monoisotopic (exact) mass is 240 g/mol. The Morgan fingerprint density at radius 3 is 2.67 bits per heavy atom. The predicted octanol–water partition coefficient (Wildman–Crippen LogP) is 2.29. The highest BCUT2D eigenvalue weighted by Gasteiger charge is 2.05. The summed E-state index contributed by atoms with van der Waals surface area (Å²) in [7, 11) is 0. The Hall–Kier alpha value is -2.43. The molecule has 0 aliphatic carbocycles. The normalized spacial score (nSPS) is 10.7. The predicted molar refractivity (Wildman–Crippen MR) is 65.8 cm³/mol. The van der Waals surface area contributed by atoms with Crippen molar-refractivity contribution in [2.45, 2.75) is 13.5 Å². The molecule has 0 saturated heterocycles. The second-order valence-corrected chi connectivity index (χ2v) is 4.04. The Labute approximate surface area is 104 Å². The number of aryl methyl sites for hydroxylation is 1. The van der Waals surface area contributed by atoms with Crippen molar-refractivity contribution in [2.75, 3.05) is 0 Å². The van der Waals surface area contributed by atoms with Crippen LogP contribution in [0.15, 0.2) is 47.2 Å². The standard InChI is InChI=1S/C13H12N4O/c1-10-15-13(16-18-10)12-5-3-11(4-6-12)9-17-8-2-7-14-17/h2-8H,9H2,1H3. The highest BCUT2D eigenvalue weighted by molar-refractivity contribution is 5.54. The maximum atomic E-state index is 4.96. The van der Waals surface area contributed by atoms with Crippen LogP contribution >= 0.6 is 0 Å². The first-order valence-electron chi connectivity index (χ1n) is 5.68. The zero-order valence-corrected chi connectivity index (χ0v) is 9.95. The van der Waals surface area contributed by atoms with Crippen LogP contribution in [0, 0.1) is 6.92 Å². The zero-order chi connectivity index (χ0) is 12.4. The van der Waals surface area contributed by atoms with Gasteiger partial charge in [-0.15, -0.1) is 0 Å². The van der Waals surface area contributed by atoms with Gasteiger partial charge < -0.3 is 4.52 Å². The summed E-state index contributed by atoms with van der Waals surface area (Å²) in [6.45, 7) is 2.54. The van der Waals surface area contributed by atoms with Crippen molar-refractivity contribution in [1.29, 1.82) is 0 Å². The van der Waals surface area contributed by atoms with Gasteiger partial charge in [0, 0.05) is 24.9 Å². The molecular formula is C13H12N4O. The molecular weight excluding hydrogens is 228 g/mol. The minimum Gasteiger partial charge on any atom is -0.339 e. The van der Waals surface area contributed by atoms with E-state index in [2.05, 4.69) is 15.2 Å². The van der Waals surface area contributed by atoms with Gasteiger partial charge in [-0.05, 0) is 11.6 Å². The minimum atomic E-state index is 0.575. The van der Waals surface area contributed by atoms with Gasteiger partial charge in [0.05, 0.1) is 6.54 Å². The van der Waals surface area contributed by atoms with E-state index in [9.17, 15) is 0 Å². The molecule has 0 bridgehead atoms. The van der Waals surface area contributed by atoms with E-state index < -0.39 is 0 Å². The minimum absolute atomic E-state index is 0.575. The lowest BCUT2D eigenvalue weighted by atomic mass is 10.1. The highest BCUT2D eigenvalue weighted by Crippen LogP contribution is 2.16. The smallest absolute Gasteiger partial charge is 0.223 e. The fourth-order valence-electron chi connectivity index (χ4n) is 1.76. The molecule has 5 nitrogen and oxygen atoms in total. The average molecular weight is 240 g/mol. The van der Waals surface area contributed by atoms with Crippen LogP contribution in [0.1, 0.15) is 11.5 Å². The third-order valence-electron chi connectivity index (χ3n) is 2.64. The van der Waals surface area contributed by atoms with Crippen LogP contribution in [0.3, 0.4) is 0 Å². The maximum absolute atomic E-state index is 4.96. The molecule has 5 heteroatoms. The van der Waals surface area contributed by atoms with E-state index in [0.29, 0.717) is 11.7 Å². The molecule has 0 unspecified atom stereocenters. The molecule has 0 N–H and O–H groups in total. The van der Waals surface area contributed by atoms with Gasteiger partial charge >= 0.3 is 0 Å². The van der Waals surface area contributed by atoms with Crippen molar-refractivity contribution in [3.63, 3.8) is 0 Å². The first-order valence-corrected chi connectivity index (χ1v) is 5.68. The Morgan fingerprint density at radius 2 is 2.06 bits per heavy atom. The van der Waals surface area contributed by atoms with Gasteiger partial charge in [-0.25, -0.2) is 0 Å². The summed E-state index contributed by atoms with van der Waals surface area (Å²) in [5.41, 5.74) is 2.14. The Balaban J connectivity index is 1.81. The zero-order valence-electron chi connectivity index (χ0n) is 9.95. The first-order chi connectivity index (χ1) is 8.81. The van der Waals surface area contributed by atoms with Crippen LogP contribution in [0.2, 0.25) is 0 Å². The number of benzene rings is 1. The fraction of sp³-hybridized carbons (Fsp3) is 0.154. The summed E-state index contributed by atoms with van der Waals surface area (Å²) in [5, 5.41) is 8.06.